The molecule has 0 atom stereocenters. The Morgan fingerprint density at radius 3 is 2.13 bits per heavy atom. The van der Waals surface area contributed by atoms with Crippen LogP contribution in [0.2, 0.25) is 0 Å². The maximum absolute atomic E-state index is 14.3. The lowest BCUT2D eigenvalue weighted by Gasteiger charge is -2.23. The lowest BCUT2D eigenvalue weighted by atomic mass is 10.0. The van der Waals surface area contributed by atoms with Crippen molar-refractivity contribution < 1.29 is 27.0 Å². The SMILES string of the molecule is Fc1cc(C2OCCCO2)ccc1-c1ccc(C(F)(F)F)cc1. The van der Waals surface area contributed by atoms with Gasteiger partial charge in [0, 0.05) is 11.1 Å². The van der Waals surface area contributed by atoms with Gasteiger partial charge in [0.25, 0.3) is 0 Å². The van der Waals surface area contributed by atoms with Crippen LogP contribution in [0.1, 0.15) is 23.8 Å². The highest BCUT2D eigenvalue weighted by Gasteiger charge is 2.30. The van der Waals surface area contributed by atoms with Crippen LogP contribution in [0.3, 0.4) is 0 Å². The molecule has 1 fully saturated rings. The second kappa shape index (κ2) is 6.29. The molecule has 0 N–H and O–H groups in total. The van der Waals surface area contributed by atoms with Gasteiger partial charge in [0.15, 0.2) is 6.29 Å². The Morgan fingerprint density at radius 1 is 0.913 bits per heavy atom. The van der Waals surface area contributed by atoms with Crippen molar-refractivity contribution in [3.8, 4) is 11.1 Å². The van der Waals surface area contributed by atoms with Crippen LogP contribution in [-0.4, -0.2) is 13.2 Å². The monoisotopic (exact) mass is 326 g/mol. The zero-order valence-corrected chi connectivity index (χ0v) is 12.1. The Hall–Kier alpha value is -1.92. The van der Waals surface area contributed by atoms with Crippen molar-refractivity contribution in [3.05, 3.63) is 59.4 Å². The standard InChI is InChI=1S/C17H14F4O2/c18-15-10-12(16-22-8-1-9-23-16)4-7-14(15)11-2-5-13(6-3-11)17(19,20)21/h2-7,10,16H,1,8-9H2. The summed E-state index contributed by atoms with van der Waals surface area (Å²) in [4.78, 5) is 0. The third-order valence-corrected chi connectivity index (χ3v) is 3.62. The molecule has 0 aromatic heterocycles. The van der Waals surface area contributed by atoms with Gasteiger partial charge in [-0.1, -0.05) is 24.3 Å². The number of ether oxygens (including phenoxy) is 2. The first-order chi connectivity index (χ1) is 10.9. The molecule has 2 aromatic carbocycles. The summed E-state index contributed by atoms with van der Waals surface area (Å²) in [6, 6.07) is 8.87. The van der Waals surface area contributed by atoms with E-state index in [0.717, 1.165) is 18.6 Å². The summed E-state index contributed by atoms with van der Waals surface area (Å²) >= 11 is 0. The quantitative estimate of drug-likeness (QED) is 0.727. The van der Waals surface area contributed by atoms with Gasteiger partial charge in [0.2, 0.25) is 0 Å². The third kappa shape index (κ3) is 3.54. The summed E-state index contributed by atoms with van der Waals surface area (Å²) in [5.74, 6) is -0.528. The molecular weight excluding hydrogens is 312 g/mol. The maximum atomic E-state index is 14.3. The van der Waals surface area contributed by atoms with E-state index < -0.39 is 23.8 Å². The van der Waals surface area contributed by atoms with E-state index in [1.807, 2.05) is 0 Å². The normalized spacial score (nSPS) is 16.5. The minimum Gasteiger partial charge on any atom is -0.348 e. The summed E-state index contributed by atoms with van der Waals surface area (Å²) in [5, 5.41) is 0. The molecule has 1 saturated heterocycles. The fraction of sp³-hybridized carbons (Fsp3) is 0.294. The van der Waals surface area contributed by atoms with E-state index in [1.165, 1.54) is 24.3 Å². The van der Waals surface area contributed by atoms with E-state index in [9.17, 15) is 17.6 Å². The molecule has 0 unspecified atom stereocenters. The van der Waals surface area contributed by atoms with E-state index >= 15 is 0 Å². The van der Waals surface area contributed by atoms with E-state index in [1.54, 1.807) is 6.07 Å². The predicted octanol–water partition coefficient (Wildman–Crippen LogP) is 4.95. The van der Waals surface area contributed by atoms with E-state index in [-0.39, 0.29) is 5.56 Å². The minimum atomic E-state index is -4.41. The first kappa shape index (κ1) is 16.0. The van der Waals surface area contributed by atoms with Crippen molar-refractivity contribution in [2.24, 2.45) is 0 Å². The van der Waals surface area contributed by atoms with Crippen LogP contribution < -0.4 is 0 Å². The van der Waals surface area contributed by atoms with Crippen molar-refractivity contribution in [3.63, 3.8) is 0 Å². The van der Waals surface area contributed by atoms with E-state index in [4.69, 9.17) is 9.47 Å². The van der Waals surface area contributed by atoms with Crippen LogP contribution >= 0.6 is 0 Å². The van der Waals surface area contributed by atoms with E-state index in [2.05, 4.69) is 0 Å². The van der Waals surface area contributed by atoms with Crippen LogP contribution in [0.15, 0.2) is 42.5 Å². The molecule has 23 heavy (non-hydrogen) atoms. The lowest BCUT2D eigenvalue weighted by Crippen LogP contribution is -2.17. The Morgan fingerprint density at radius 2 is 1.57 bits per heavy atom. The van der Waals surface area contributed by atoms with Crippen molar-refractivity contribution in [1.29, 1.82) is 0 Å². The van der Waals surface area contributed by atoms with Gasteiger partial charge in [0.1, 0.15) is 5.82 Å². The van der Waals surface area contributed by atoms with Crippen LogP contribution in [0, 0.1) is 5.82 Å². The minimum absolute atomic E-state index is 0.235. The Balaban J connectivity index is 1.85. The first-order valence-electron chi connectivity index (χ1n) is 7.15. The Kier molecular flexibility index (Phi) is 4.37. The Labute approximate surface area is 130 Å². The first-order valence-corrected chi connectivity index (χ1v) is 7.15. The van der Waals surface area contributed by atoms with Gasteiger partial charge in [-0.15, -0.1) is 0 Å². The van der Waals surface area contributed by atoms with Crippen molar-refractivity contribution >= 4 is 0 Å². The second-order valence-corrected chi connectivity index (χ2v) is 5.24. The molecule has 0 saturated carbocycles. The summed E-state index contributed by atoms with van der Waals surface area (Å²) in [6.07, 6.45) is -4.21. The topological polar surface area (TPSA) is 18.5 Å². The highest BCUT2D eigenvalue weighted by atomic mass is 19.4. The molecule has 0 spiro atoms. The molecule has 0 amide bonds. The van der Waals surface area contributed by atoms with Gasteiger partial charge in [-0.2, -0.15) is 13.2 Å². The fourth-order valence-corrected chi connectivity index (χ4v) is 2.43. The molecule has 0 bridgehead atoms. The Bertz CT molecular complexity index is 674. The average molecular weight is 326 g/mol. The van der Waals surface area contributed by atoms with Crippen molar-refractivity contribution in [2.45, 2.75) is 18.9 Å². The fourth-order valence-electron chi connectivity index (χ4n) is 2.43. The highest BCUT2D eigenvalue weighted by Crippen LogP contribution is 2.32. The van der Waals surface area contributed by atoms with Crippen molar-refractivity contribution in [1.82, 2.24) is 0 Å². The molecule has 2 aromatic rings. The van der Waals surface area contributed by atoms with Crippen LogP contribution in [0.25, 0.3) is 11.1 Å². The number of hydrogen-bond acceptors (Lipinski definition) is 2. The number of halogens is 4. The zero-order valence-electron chi connectivity index (χ0n) is 12.1. The summed E-state index contributed by atoms with van der Waals surface area (Å²) < 4.78 is 62.8. The largest absolute Gasteiger partial charge is 0.416 e. The van der Waals surface area contributed by atoms with E-state index in [0.29, 0.717) is 24.3 Å². The number of hydrogen-bond donors (Lipinski definition) is 0. The van der Waals surface area contributed by atoms with Crippen LogP contribution in [-0.2, 0) is 15.7 Å². The molecule has 6 heteroatoms. The number of benzene rings is 2. The van der Waals surface area contributed by atoms with Gasteiger partial charge >= 0.3 is 6.18 Å². The average Bonchev–Trinajstić information content (AvgIpc) is 2.55. The molecule has 3 rings (SSSR count). The molecule has 1 aliphatic heterocycles. The molecule has 122 valence electrons. The molecule has 1 aliphatic rings. The van der Waals surface area contributed by atoms with Crippen molar-refractivity contribution in [2.75, 3.05) is 13.2 Å². The molecule has 0 aliphatic carbocycles. The summed E-state index contributed by atoms with van der Waals surface area (Å²) in [7, 11) is 0. The zero-order chi connectivity index (χ0) is 16.4. The second-order valence-electron chi connectivity index (χ2n) is 5.24. The van der Waals surface area contributed by atoms with Crippen LogP contribution in [0.5, 0.6) is 0 Å². The predicted molar refractivity (Wildman–Crippen MR) is 76.1 cm³/mol. The lowest BCUT2D eigenvalue weighted by molar-refractivity contribution is -0.183. The summed E-state index contributed by atoms with van der Waals surface area (Å²) in [5.41, 5.74) is 0.408. The molecule has 0 radical (unpaired) electrons. The van der Waals surface area contributed by atoms with Gasteiger partial charge in [0.05, 0.1) is 18.8 Å². The molecule has 2 nitrogen and oxygen atoms in total. The van der Waals surface area contributed by atoms with Gasteiger partial charge in [-0.05, 0) is 30.2 Å². The van der Waals surface area contributed by atoms with Crippen LogP contribution in [0.4, 0.5) is 17.6 Å². The van der Waals surface area contributed by atoms with Gasteiger partial charge in [-0.3, -0.25) is 0 Å². The molecule has 1 heterocycles. The maximum Gasteiger partial charge on any atom is 0.416 e. The smallest absolute Gasteiger partial charge is 0.348 e. The molecular formula is C17H14F4O2. The van der Waals surface area contributed by atoms with Gasteiger partial charge in [-0.25, -0.2) is 4.39 Å². The summed E-state index contributed by atoms with van der Waals surface area (Å²) in [6.45, 7) is 1.10. The number of rotatable bonds is 2. The number of alkyl halides is 3. The third-order valence-electron chi connectivity index (χ3n) is 3.62. The highest BCUT2D eigenvalue weighted by molar-refractivity contribution is 5.65. The van der Waals surface area contributed by atoms with Gasteiger partial charge < -0.3 is 9.47 Å².